The normalized spacial score (nSPS) is 19.2. The molecule has 0 aromatic rings. The second-order valence-electron chi connectivity index (χ2n) is 4.05. The summed E-state index contributed by atoms with van der Waals surface area (Å²) in [6.07, 6.45) is 7.68. The summed E-state index contributed by atoms with van der Waals surface area (Å²) in [6.45, 7) is 2.76. The minimum Gasteiger partial charge on any atom is -0.355 e. The molecule has 16 heavy (non-hydrogen) atoms. The predicted molar refractivity (Wildman–Crippen MR) is 62.8 cm³/mol. The second-order valence-corrected chi connectivity index (χ2v) is 4.05. The predicted octanol–water partition coefficient (Wildman–Crippen LogP) is 0.985. The van der Waals surface area contributed by atoms with Gasteiger partial charge in [-0.2, -0.15) is 0 Å². The number of carbonyl (C=O) groups is 2. The van der Waals surface area contributed by atoms with Crippen molar-refractivity contribution in [2.75, 3.05) is 13.1 Å². The van der Waals surface area contributed by atoms with Crippen molar-refractivity contribution >= 4 is 11.8 Å². The van der Waals surface area contributed by atoms with Gasteiger partial charge in [-0.15, -0.1) is 0 Å². The third-order valence-electron chi connectivity index (χ3n) is 2.64. The number of hydrogen-bond acceptors (Lipinski definition) is 2. The van der Waals surface area contributed by atoms with Gasteiger partial charge in [0.1, 0.15) is 0 Å². The zero-order valence-electron chi connectivity index (χ0n) is 9.79. The van der Waals surface area contributed by atoms with E-state index in [9.17, 15) is 9.59 Å². The molecule has 4 heteroatoms. The first-order valence-electron chi connectivity index (χ1n) is 5.93. The summed E-state index contributed by atoms with van der Waals surface area (Å²) in [5.41, 5.74) is 0. The lowest BCUT2D eigenvalue weighted by molar-refractivity contribution is -0.128. The topological polar surface area (TPSA) is 58.2 Å². The smallest absolute Gasteiger partial charge is 0.239 e. The van der Waals surface area contributed by atoms with Crippen LogP contribution < -0.4 is 10.6 Å². The Morgan fingerprint density at radius 3 is 2.75 bits per heavy atom. The average molecular weight is 224 g/mol. The molecule has 0 fully saturated rings. The summed E-state index contributed by atoms with van der Waals surface area (Å²) in [4.78, 5) is 22.9. The van der Waals surface area contributed by atoms with Gasteiger partial charge in [-0.3, -0.25) is 9.59 Å². The Kier molecular flexibility index (Phi) is 5.61. The van der Waals surface area contributed by atoms with Crippen molar-refractivity contribution in [3.05, 3.63) is 12.2 Å². The van der Waals surface area contributed by atoms with E-state index < -0.39 is 0 Å². The summed E-state index contributed by atoms with van der Waals surface area (Å²) < 4.78 is 0. The Morgan fingerprint density at radius 1 is 1.31 bits per heavy atom. The maximum atomic E-state index is 11.7. The van der Waals surface area contributed by atoms with Crippen molar-refractivity contribution in [2.45, 2.75) is 32.6 Å². The molecule has 0 spiro atoms. The van der Waals surface area contributed by atoms with Gasteiger partial charge in [0.2, 0.25) is 11.8 Å². The molecule has 0 aromatic heterocycles. The number of hydrogen-bond donors (Lipinski definition) is 2. The maximum absolute atomic E-state index is 11.7. The van der Waals surface area contributed by atoms with Crippen LogP contribution in [-0.2, 0) is 9.59 Å². The van der Waals surface area contributed by atoms with Crippen molar-refractivity contribution < 1.29 is 9.59 Å². The molecule has 4 nitrogen and oxygen atoms in total. The lowest BCUT2D eigenvalue weighted by Crippen LogP contribution is -2.40. The summed E-state index contributed by atoms with van der Waals surface area (Å²) >= 11 is 0. The van der Waals surface area contributed by atoms with Crippen LogP contribution in [0.2, 0.25) is 0 Å². The molecule has 0 heterocycles. The van der Waals surface area contributed by atoms with Gasteiger partial charge < -0.3 is 10.6 Å². The van der Waals surface area contributed by atoms with Gasteiger partial charge in [0.15, 0.2) is 0 Å². The molecule has 0 aliphatic heterocycles. The largest absolute Gasteiger partial charge is 0.355 e. The maximum Gasteiger partial charge on any atom is 0.239 e. The van der Waals surface area contributed by atoms with E-state index >= 15 is 0 Å². The van der Waals surface area contributed by atoms with E-state index in [1.54, 1.807) is 0 Å². The zero-order valence-corrected chi connectivity index (χ0v) is 9.79. The van der Waals surface area contributed by atoms with Crippen LogP contribution in [-0.4, -0.2) is 24.9 Å². The van der Waals surface area contributed by atoms with Crippen LogP contribution >= 0.6 is 0 Å². The summed E-state index contributed by atoms with van der Waals surface area (Å²) in [5.74, 6) is -0.0680. The van der Waals surface area contributed by atoms with Gasteiger partial charge >= 0.3 is 0 Å². The number of allylic oxidation sites excluding steroid dienone is 2. The Bertz CT molecular complexity index is 274. The van der Waals surface area contributed by atoms with Crippen LogP contribution in [0.15, 0.2) is 12.2 Å². The van der Waals surface area contributed by atoms with E-state index in [1.165, 1.54) is 0 Å². The fourth-order valence-electron chi connectivity index (χ4n) is 1.67. The highest BCUT2D eigenvalue weighted by molar-refractivity contribution is 5.85. The van der Waals surface area contributed by atoms with Crippen molar-refractivity contribution in [3.8, 4) is 0 Å². The number of amides is 2. The minimum atomic E-state index is -0.110. The monoisotopic (exact) mass is 224 g/mol. The van der Waals surface area contributed by atoms with Crippen molar-refractivity contribution in [1.82, 2.24) is 10.6 Å². The van der Waals surface area contributed by atoms with Crippen molar-refractivity contribution in [1.29, 1.82) is 0 Å². The quantitative estimate of drug-likeness (QED) is 0.684. The summed E-state index contributed by atoms with van der Waals surface area (Å²) in [6, 6.07) is 0. The van der Waals surface area contributed by atoms with E-state index in [0.29, 0.717) is 6.54 Å². The first-order chi connectivity index (χ1) is 7.74. The van der Waals surface area contributed by atoms with Gasteiger partial charge in [0.25, 0.3) is 0 Å². The van der Waals surface area contributed by atoms with Gasteiger partial charge in [-0.1, -0.05) is 19.1 Å². The van der Waals surface area contributed by atoms with E-state index in [-0.39, 0.29) is 24.3 Å². The number of rotatable bonds is 5. The Labute approximate surface area is 96.5 Å². The van der Waals surface area contributed by atoms with E-state index in [4.69, 9.17) is 0 Å². The van der Waals surface area contributed by atoms with Crippen LogP contribution in [0, 0.1) is 5.92 Å². The molecule has 0 saturated heterocycles. The second kappa shape index (κ2) is 7.04. The molecule has 1 rings (SSSR count). The number of nitrogens with one attached hydrogen (secondary N) is 2. The lowest BCUT2D eigenvalue weighted by Gasteiger charge is -2.16. The summed E-state index contributed by atoms with van der Waals surface area (Å²) in [7, 11) is 0. The molecule has 0 bridgehead atoms. The van der Waals surface area contributed by atoms with Crippen LogP contribution in [0.25, 0.3) is 0 Å². The SMILES string of the molecule is CCCNC(=O)CNC(=O)C1CC=CCC1. The van der Waals surface area contributed by atoms with Gasteiger partial charge in [-0.25, -0.2) is 0 Å². The van der Waals surface area contributed by atoms with Gasteiger partial charge in [0, 0.05) is 12.5 Å². The van der Waals surface area contributed by atoms with Crippen molar-refractivity contribution in [2.24, 2.45) is 5.92 Å². The number of carbonyl (C=O) groups excluding carboxylic acids is 2. The third kappa shape index (κ3) is 4.47. The molecule has 1 aliphatic rings. The fourth-order valence-corrected chi connectivity index (χ4v) is 1.67. The summed E-state index contributed by atoms with van der Waals surface area (Å²) in [5, 5.41) is 5.40. The van der Waals surface area contributed by atoms with Gasteiger partial charge in [0.05, 0.1) is 6.54 Å². The van der Waals surface area contributed by atoms with E-state index in [0.717, 1.165) is 25.7 Å². The molecule has 1 unspecified atom stereocenters. The Hall–Kier alpha value is -1.32. The van der Waals surface area contributed by atoms with Crippen molar-refractivity contribution in [3.63, 3.8) is 0 Å². The van der Waals surface area contributed by atoms with Crippen LogP contribution in [0.5, 0.6) is 0 Å². The van der Waals surface area contributed by atoms with Crippen LogP contribution in [0.4, 0.5) is 0 Å². The molecular formula is C12H20N2O2. The molecular weight excluding hydrogens is 204 g/mol. The van der Waals surface area contributed by atoms with Crippen LogP contribution in [0.1, 0.15) is 32.6 Å². The standard InChI is InChI=1S/C12H20N2O2/c1-2-8-13-11(15)9-14-12(16)10-6-4-3-5-7-10/h3-4,10H,2,5-9H2,1H3,(H,13,15)(H,14,16). The van der Waals surface area contributed by atoms with E-state index in [2.05, 4.69) is 16.7 Å². The first-order valence-corrected chi connectivity index (χ1v) is 5.93. The Morgan fingerprint density at radius 2 is 2.12 bits per heavy atom. The average Bonchev–Trinajstić information content (AvgIpc) is 2.34. The van der Waals surface area contributed by atoms with Crippen LogP contribution in [0.3, 0.4) is 0 Å². The zero-order chi connectivity index (χ0) is 11.8. The van der Waals surface area contributed by atoms with Gasteiger partial charge in [-0.05, 0) is 25.7 Å². The molecule has 0 saturated carbocycles. The van der Waals surface area contributed by atoms with E-state index in [1.807, 2.05) is 13.0 Å². The molecule has 1 aliphatic carbocycles. The fraction of sp³-hybridized carbons (Fsp3) is 0.667. The minimum absolute atomic E-state index is 0.00371. The Balaban J connectivity index is 2.19. The first kappa shape index (κ1) is 12.7. The molecule has 1 atom stereocenters. The highest BCUT2D eigenvalue weighted by Crippen LogP contribution is 2.17. The molecule has 2 amide bonds. The third-order valence-corrected chi connectivity index (χ3v) is 2.64. The molecule has 90 valence electrons. The molecule has 0 aromatic carbocycles. The highest BCUT2D eigenvalue weighted by Gasteiger charge is 2.18. The molecule has 0 radical (unpaired) electrons. The highest BCUT2D eigenvalue weighted by atomic mass is 16.2. The molecule has 2 N–H and O–H groups in total. The lowest BCUT2D eigenvalue weighted by atomic mass is 9.94.